The molecule has 0 aliphatic rings. The summed E-state index contributed by atoms with van der Waals surface area (Å²) >= 11 is 1.37. The third-order valence-corrected chi connectivity index (χ3v) is 5.84. The number of fused-ring (bicyclic) bond motifs is 1. The van der Waals surface area contributed by atoms with E-state index in [0.29, 0.717) is 23.5 Å². The Hall–Kier alpha value is -3.54. The zero-order chi connectivity index (χ0) is 24.8. The van der Waals surface area contributed by atoms with E-state index < -0.39 is 29.7 Å². The highest BCUT2D eigenvalue weighted by atomic mass is 32.2. The van der Waals surface area contributed by atoms with E-state index in [4.69, 9.17) is 10.5 Å². The van der Waals surface area contributed by atoms with Gasteiger partial charge in [0.1, 0.15) is 5.82 Å². The SMILES string of the molecule is CCCCN(C(=O)COC(=O)c1nc(SC)n2ccccc12)c1c(N)n(CCC)c(=O)[nH]c1=O. The molecular formula is C22H28N6O5S. The molecule has 0 aliphatic heterocycles. The van der Waals surface area contributed by atoms with Crippen molar-refractivity contribution in [2.75, 3.05) is 30.0 Å². The van der Waals surface area contributed by atoms with Crippen LogP contribution in [-0.2, 0) is 16.1 Å². The molecule has 12 heteroatoms. The van der Waals surface area contributed by atoms with Gasteiger partial charge in [-0.15, -0.1) is 0 Å². The van der Waals surface area contributed by atoms with E-state index in [1.54, 1.807) is 22.7 Å². The topological polar surface area (TPSA) is 145 Å². The predicted molar refractivity (Wildman–Crippen MR) is 131 cm³/mol. The van der Waals surface area contributed by atoms with Crippen LogP contribution >= 0.6 is 11.8 Å². The number of thioether (sulfide) groups is 1. The number of carbonyl (C=O) groups excluding carboxylic acids is 2. The number of pyridine rings is 1. The van der Waals surface area contributed by atoms with Crippen molar-refractivity contribution in [3.63, 3.8) is 0 Å². The number of rotatable bonds is 10. The van der Waals surface area contributed by atoms with Gasteiger partial charge < -0.3 is 15.4 Å². The van der Waals surface area contributed by atoms with E-state index in [1.807, 2.05) is 26.2 Å². The summed E-state index contributed by atoms with van der Waals surface area (Å²) in [5.74, 6) is -1.49. The Bertz CT molecular complexity index is 1310. The van der Waals surface area contributed by atoms with Gasteiger partial charge in [0.05, 0.1) is 5.52 Å². The third-order valence-electron chi connectivity index (χ3n) is 5.19. The number of hydrogen-bond donors (Lipinski definition) is 2. The molecule has 3 rings (SSSR count). The van der Waals surface area contributed by atoms with Crippen LogP contribution in [0.4, 0.5) is 11.5 Å². The number of carbonyl (C=O) groups is 2. The molecule has 0 radical (unpaired) electrons. The summed E-state index contributed by atoms with van der Waals surface area (Å²) in [7, 11) is 0. The zero-order valence-electron chi connectivity index (χ0n) is 19.4. The van der Waals surface area contributed by atoms with E-state index in [-0.39, 0.29) is 30.3 Å². The summed E-state index contributed by atoms with van der Waals surface area (Å²) in [5.41, 5.74) is 5.25. The molecule has 34 heavy (non-hydrogen) atoms. The lowest BCUT2D eigenvalue weighted by Gasteiger charge is -2.24. The number of aromatic amines is 1. The van der Waals surface area contributed by atoms with Crippen molar-refractivity contribution in [2.45, 2.75) is 44.8 Å². The molecule has 0 saturated heterocycles. The largest absolute Gasteiger partial charge is 0.451 e. The second-order valence-corrected chi connectivity index (χ2v) is 8.30. The Morgan fingerprint density at radius 3 is 2.68 bits per heavy atom. The third kappa shape index (κ3) is 5.01. The highest BCUT2D eigenvalue weighted by Crippen LogP contribution is 2.21. The van der Waals surface area contributed by atoms with Crippen LogP contribution in [-0.4, -0.2) is 50.2 Å². The smallest absolute Gasteiger partial charge is 0.359 e. The fraction of sp³-hybridized carbons (Fsp3) is 0.409. The van der Waals surface area contributed by atoms with Crippen LogP contribution in [0, 0.1) is 0 Å². The Labute approximate surface area is 199 Å². The van der Waals surface area contributed by atoms with Crippen molar-refractivity contribution in [3.05, 3.63) is 50.9 Å². The lowest BCUT2D eigenvalue weighted by molar-refractivity contribution is -0.121. The maximum atomic E-state index is 13.1. The average Bonchev–Trinajstić information content (AvgIpc) is 3.21. The van der Waals surface area contributed by atoms with E-state index >= 15 is 0 Å². The summed E-state index contributed by atoms with van der Waals surface area (Å²) in [6.45, 7) is 3.63. The van der Waals surface area contributed by atoms with Gasteiger partial charge in [-0.25, -0.2) is 14.6 Å². The van der Waals surface area contributed by atoms with E-state index in [0.717, 1.165) is 6.42 Å². The molecule has 1 amide bonds. The van der Waals surface area contributed by atoms with Crippen LogP contribution in [0.5, 0.6) is 0 Å². The molecule has 3 heterocycles. The van der Waals surface area contributed by atoms with Gasteiger partial charge in [-0.1, -0.05) is 38.1 Å². The van der Waals surface area contributed by atoms with Gasteiger partial charge in [0.2, 0.25) is 0 Å². The van der Waals surface area contributed by atoms with E-state index in [2.05, 4.69) is 9.97 Å². The maximum absolute atomic E-state index is 13.1. The summed E-state index contributed by atoms with van der Waals surface area (Å²) < 4.78 is 8.26. The minimum Gasteiger partial charge on any atom is -0.451 e. The standard InChI is InChI=1S/C22H28N6O5S/c1-4-6-11-27(17-18(23)28(10-5-2)21(32)25-19(17)30)15(29)13-33-20(31)16-14-9-7-8-12-26(14)22(24-16)34-3/h7-9,12H,4-6,10-11,13,23H2,1-3H3,(H,25,30,32). The molecular weight excluding hydrogens is 460 g/mol. The predicted octanol–water partition coefficient (Wildman–Crippen LogP) is 1.89. The van der Waals surface area contributed by atoms with E-state index in [9.17, 15) is 19.2 Å². The molecule has 0 unspecified atom stereocenters. The van der Waals surface area contributed by atoms with Crippen molar-refractivity contribution in [1.82, 2.24) is 18.9 Å². The summed E-state index contributed by atoms with van der Waals surface area (Å²) in [6, 6.07) is 5.32. The Morgan fingerprint density at radius 2 is 2.00 bits per heavy atom. The van der Waals surface area contributed by atoms with Crippen LogP contribution < -0.4 is 21.9 Å². The Balaban J connectivity index is 1.88. The number of nitrogens with one attached hydrogen (secondary N) is 1. The lowest BCUT2D eigenvalue weighted by Crippen LogP contribution is -2.43. The molecule has 0 fully saturated rings. The van der Waals surface area contributed by atoms with Crippen molar-refractivity contribution >= 4 is 40.7 Å². The fourth-order valence-corrected chi connectivity index (χ4v) is 4.08. The number of imidazole rings is 1. The summed E-state index contributed by atoms with van der Waals surface area (Å²) in [5, 5.41) is 0.607. The number of amides is 1. The average molecular weight is 489 g/mol. The number of nitrogens with zero attached hydrogens (tertiary/aromatic N) is 4. The van der Waals surface area contributed by atoms with Gasteiger partial charge in [0, 0.05) is 19.3 Å². The Kier molecular flexibility index (Phi) is 8.16. The van der Waals surface area contributed by atoms with Gasteiger partial charge in [-0.05, 0) is 31.2 Å². The minimum absolute atomic E-state index is 0.0896. The maximum Gasteiger partial charge on any atom is 0.359 e. The number of ether oxygens (including phenoxy) is 1. The quantitative estimate of drug-likeness (QED) is 0.325. The summed E-state index contributed by atoms with van der Waals surface area (Å²) in [6.07, 6.45) is 5.55. The molecule has 3 aromatic heterocycles. The highest BCUT2D eigenvalue weighted by Gasteiger charge is 2.26. The summed E-state index contributed by atoms with van der Waals surface area (Å²) in [4.78, 5) is 58.3. The molecule has 3 aromatic rings. The van der Waals surface area contributed by atoms with Gasteiger partial charge in [0.25, 0.3) is 11.5 Å². The normalized spacial score (nSPS) is 11.0. The molecule has 0 saturated carbocycles. The number of unbranched alkanes of at least 4 members (excludes halogenated alkanes) is 1. The van der Waals surface area contributed by atoms with Crippen LogP contribution in [0.3, 0.4) is 0 Å². The van der Waals surface area contributed by atoms with Gasteiger partial charge in [-0.2, -0.15) is 0 Å². The minimum atomic E-state index is -0.768. The van der Waals surface area contributed by atoms with Crippen molar-refractivity contribution in [3.8, 4) is 0 Å². The Morgan fingerprint density at radius 1 is 1.24 bits per heavy atom. The van der Waals surface area contributed by atoms with Gasteiger partial charge >= 0.3 is 11.7 Å². The van der Waals surface area contributed by atoms with Gasteiger partial charge in [-0.3, -0.25) is 23.5 Å². The van der Waals surface area contributed by atoms with Crippen LogP contribution in [0.2, 0.25) is 0 Å². The first kappa shape index (κ1) is 25.1. The molecule has 3 N–H and O–H groups in total. The number of aromatic nitrogens is 4. The number of H-pyrrole nitrogens is 1. The fourth-order valence-electron chi connectivity index (χ4n) is 3.54. The molecule has 0 spiro atoms. The van der Waals surface area contributed by atoms with Gasteiger partial charge in [0.15, 0.2) is 23.1 Å². The lowest BCUT2D eigenvalue weighted by atomic mass is 10.2. The molecule has 0 aromatic carbocycles. The second kappa shape index (κ2) is 11.1. The van der Waals surface area contributed by atoms with Crippen LogP contribution in [0.25, 0.3) is 5.52 Å². The second-order valence-electron chi connectivity index (χ2n) is 7.52. The monoisotopic (exact) mass is 488 g/mol. The first-order valence-corrected chi connectivity index (χ1v) is 12.2. The first-order chi connectivity index (χ1) is 16.3. The van der Waals surface area contributed by atoms with Crippen LogP contribution in [0.15, 0.2) is 39.1 Å². The molecule has 182 valence electrons. The molecule has 0 atom stereocenters. The zero-order valence-corrected chi connectivity index (χ0v) is 20.2. The van der Waals surface area contributed by atoms with Crippen molar-refractivity contribution < 1.29 is 14.3 Å². The number of nitrogens with two attached hydrogens (primary N) is 1. The van der Waals surface area contributed by atoms with Crippen LogP contribution in [0.1, 0.15) is 43.6 Å². The number of anilines is 2. The molecule has 11 nitrogen and oxygen atoms in total. The molecule has 0 bridgehead atoms. The number of nitrogen functional groups attached to an aromatic ring is 1. The van der Waals surface area contributed by atoms with E-state index in [1.165, 1.54) is 21.2 Å². The number of hydrogen-bond acceptors (Lipinski definition) is 8. The highest BCUT2D eigenvalue weighted by molar-refractivity contribution is 7.98. The van der Waals surface area contributed by atoms with Crippen molar-refractivity contribution in [2.24, 2.45) is 0 Å². The first-order valence-electron chi connectivity index (χ1n) is 10.9. The molecule has 0 aliphatic carbocycles. The van der Waals surface area contributed by atoms with Crippen molar-refractivity contribution in [1.29, 1.82) is 0 Å². The number of esters is 1.